The van der Waals surface area contributed by atoms with E-state index in [9.17, 15) is 4.79 Å². The third-order valence-electron chi connectivity index (χ3n) is 4.88. The first-order valence-electron chi connectivity index (χ1n) is 8.53. The number of hydrogen-bond donors (Lipinski definition) is 0. The highest BCUT2D eigenvalue weighted by Gasteiger charge is 2.25. The highest BCUT2D eigenvalue weighted by Crippen LogP contribution is 2.22. The molecule has 126 valence electrons. The van der Waals surface area contributed by atoms with Crippen molar-refractivity contribution in [3.05, 3.63) is 65.5 Å². The average molecular weight is 323 g/mol. The number of amides is 1. The van der Waals surface area contributed by atoms with Crippen LogP contribution in [0.1, 0.15) is 23.1 Å². The summed E-state index contributed by atoms with van der Waals surface area (Å²) in [5.74, 6) is 0.200. The summed E-state index contributed by atoms with van der Waals surface area (Å²) < 4.78 is 0. The summed E-state index contributed by atoms with van der Waals surface area (Å²) in [5, 5.41) is 0. The number of nitrogens with zero attached hydrogens (tertiary/aromatic N) is 3. The molecule has 3 rings (SSSR count). The zero-order valence-electron chi connectivity index (χ0n) is 14.5. The maximum absolute atomic E-state index is 12.4. The van der Waals surface area contributed by atoms with Crippen LogP contribution >= 0.6 is 0 Å². The maximum Gasteiger partial charge on any atom is 0.222 e. The quantitative estimate of drug-likeness (QED) is 0.848. The van der Waals surface area contributed by atoms with E-state index in [0.29, 0.717) is 12.5 Å². The van der Waals surface area contributed by atoms with Gasteiger partial charge in [-0.15, -0.1) is 0 Å². The average Bonchev–Trinajstić information content (AvgIpc) is 2.61. The van der Waals surface area contributed by atoms with Crippen molar-refractivity contribution in [2.45, 2.75) is 31.8 Å². The lowest BCUT2D eigenvalue weighted by Gasteiger charge is -2.36. The monoisotopic (exact) mass is 323 g/mol. The molecule has 0 N–H and O–H groups in total. The van der Waals surface area contributed by atoms with Gasteiger partial charge in [0.25, 0.3) is 0 Å². The Kier molecular flexibility index (Phi) is 5.26. The lowest BCUT2D eigenvalue weighted by Crippen LogP contribution is -2.46. The van der Waals surface area contributed by atoms with Crippen LogP contribution in [0.3, 0.4) is 0 Å². The van der Waals surface area contributed by atoms with Crippen molar-refractivity contribution in [3.8, 4) is 0 Å². The van der Waals surface area contributed by atoms with Crippen molar-refractivity contribution >= 4 is 5.91 Å². The first-order chi connectivity index (χ1) is 11.6. The molecular formula is C20H25N3O. The number of fused-ring (bicyclic) bond motifs is 1. The van der Waals surface area contributed by atoms with E-state index in [4.69, 9.17) is 0 Å². The van der Waals surface area contributed by atoms with E-state index in [2.05, 4.69) is 41.2 Å². The SMILES string of the molecule is CN(CC1Cc2ccccc2CN1C)C(=O)CCc1cccnc1. The van der Waals surface area contributed by atoms with Crippen molar-refractivity contribution in [1.29, 1.82) is 0 Å². The zero-order valence-corrected chi connectivity index (χ0v) is 14.5. The van der Waals surface area contributed by atoms with Crippen LogP contribution < -0.4 is 0 Å². The summed E-state index contributed by atoms with van der Waals surface area (Å²) in [7, 11) is 4.06. The van der Waals surface area contributed by atoms with Crippen molar-refractivity contribution < 1.29 is 4.79 Å². The second kappa shape index (κ2) is 7.58. The maximum atomic E-state index is 12.4. The number of carbonyl (C=O) groups is 1. The van der Waals surface area contributed by atoms with Gasteiger partial charge in [-0.1, -0.05) is 30.3 Å². The molecule has 1 unspecified atom stereocenters. The van der Waals surface area contributed by atoms with E-state index in [1.807, 2.05) is 30.3 Å². The highest BCUT2D eigenvalue weighted by atomic mass is 16.2. The molecule has 0 bridgehead atoms. The lowest BCUT2D eigenvalue weighted by atomic mass is 9.94. The van der Waals surface area contributed by atoms with Crippen molar-refractivity contribution in [1.82, 2.24) is 14.8 Å². The summed E-state index contributed by atoms with van der Waals surface area (Å²) in [4.78, 5) is 20.8. The number of carbonyl (C=O) groups excluding carboxylic acids is 1. The van der Waals surface area contributed by atoms with Crippen LogP contribution in [0.2, 0.25) is 0 Å². The molecule has 1 amide bonds. The predicted molar refractivity (Wildman–Crippen MR) is 95.6 cm³/mol. The van der Waals surface area contributed by atoms with Gasteiger partial charge in [0.05, 0.1) is 0 Å². The number of hydrogen-bond acceptors (Lipinski definition) is 3. The van der Waals surface area contributed by atoms with Crippen LogP contribution in [0.15, 0.2) is 48.8 Å². The van der Waals surface area contributed by atoms with Gasteiger partial charge in [0.15, 0.2) is 0 Å². The Hall–Kier alpha value is -2.20. The van der Waals surface area contributed by atoms with E-state index in [-0.39, 0.29) is 5.91 Å². The van der Waals surface area contributed by atoms with Gasteiger partial charge < -0.3 is 4.90 Å². The molecule has 0 spiro atoms. The van der Waals surface area contributed by atoms with Gasteiger partial charge in [-0.05, 0) is 42.6 Å². The molecule has 1 aromatic carbocycles. The Morgan fingerprint density at radius 2 is 2.04 bits per heavy atom. The number of likely N-dealkylation sites (N-methyl/N-ethyl adjacent to an activating group) is 2. The summed E-state index contributed by atoms with van der Waals surface area (Å²) in [6, 6.07) is 12.9. The van der Waals surface area contributed by atoms with Crippen LogP contribution in [0.25, 0.3) is 0 Å². The molecule has 24 heavy (non-hydrogen) atoms. The van der Waals surface area contributed by atoms with E-state index in [1.165, 1.54) is 11.1 Å². The Balaban J connectivity index is 1.54. The second-order valence-corrected chi connectivity index (χ2v) is 6.68. The topological polar surface area (TPSA) is 36.4 Å². The van der Waals surface area contributed by atoms with Crippen molar-refractivity contribution in [3.63, 3.8) is 0 Å². The number of pyridine rings is 1. The molecule has 1 aliphatic heterocycles. The smallest absolute Gasteiger partial charge is 0.222 e. The third kappa shape index (κ3) is 4.01. The predicted octanol–water partition coefficient (Wildman–Crippen LogP) is 2.53. The van der Waals surface area contributed by atoms with Crippen LogP contribution in [-0.4, -0.2) is 47.4 Å². The summed E-state index contributed by atoms with van der Waals surface area (Å²) in [6.07, 6.45) is 5.88. The van der Waals surface area contributed by atoms with E-state index in [1.54, 1.807) is 6.20 Å². The van der Waals surface area contributed by atoms with Gasteiger partial charge in [0.2, 0.25) is 5.91 Å². The van der Waals surface area contributed by atoms with Gasteiger partial charge in [0, 0.05) is 45.0 Å². The van der Waals surface area contributed by atoms with Crippen LogP contribution in [0, 0.1) is 0 Å². The lowest BCUT2D eigenvalue weighted by molar-refractivity contribution is -0.130. The number of rotatable bonds is 5. The Morgan fingerprint density at radius 1 is 1.25 bits per heavy atom. The fourth-order valence-electron chi connectivity index (χ4n) is 3.33. The van der Waals surface area contributed by atoms with Gasteiger partial charge in [0.1, 0.15) is 0 Å². The van der Waals surface area contributed by atoms with E-state index < -0.39 is 0 Å². The Labute approximate surface area is 144 Å². The Morgan fingerprint density at radius 3 is 2.79 bits per heavy atom. The van der Waals surface area contributed by atoms with Gasteiger partial charge in [-0.25, -0.2) is 0 Å². The number of aromatic nitrogens is 1. The fourth-order valence-corrected chi connectivity index (χ4v) is 3.33. The first kappa shape index (κ1) is 16.7. The first-order valence-corrected chi connectivity index (χ1v) is 8.53. The Bertz CT molecular complexity index is 686. The molecule has 0 saturated carbocycles. The largest absolute Gasteiger partial charge is 0.344 e. The highest BCUT2D eigenvalue weighted by molar-refractivity contribution is 5.76. The molecule has 4 nitrogen and oxygen atoms in total. The summed E-state index contributed by atoms with van der Waals surface area (Å²) in [6.45, 7) is 1.73. The minimum Gasteiger partial charge on any atom is -0.344 e. The normalized spacial score (nSPS) is 17.3. The molecule has 0 fully saturated rings. The van der Waals surface area contributed by atoms with Crippen LogP contribution in [0.4, 0.5) is 0 Å². The van der Waals surface area contributed by atoms with Crippen molar-refractivity contribution in [2.24, 2.45) is 0 Å². The number of benzene rings is 1. The van der Waals surface area contributed by atoms with E-state index >= 15 is 0 Å². The van der Waals surface area contributed by atoms with Gasteiger partial charge >= 0.3 is 0 Å². The molecule has 2 heterocycles. The van der Waals surface area contributed by atoms with E-state index in [0.717, 1.165) is 31.5 Å². The second-order valence-electron chi connectivity index (χ2n) is 6.68. The third-order valence-corrected chi connectivity index (χ3v) is 4.88. The molecule has 2 aromatic rings. The molecule has 0 saturated heterocycles. The van der Waals surface area contributed by atoms with Crippen molar-refractivity contribution in [2.75, 3.05) is 20.6 Å². The molecule has 1 aromatic heterocycles. The summed E-state index contributed by atoms with van der Waals surface area (Å²) in [5.41, 5.74) is 3.93. The standard InChI is InChI=1S/C20H25N3O/c1-22-14-18-8-4-3-7-17(18)12-19(22)15-23(2)20(24)10-9-16-6-5-11-21-13-16/h3-8,11,13,19H,9-10,12,14-15H2,1-2H3. The molecule has 0 aliphatic carbocycles. The minimum atomic E-state index is 0.200. The molecular weight excluding hydrogens is 298 g/mol. The summed E-state index contributed by atoms with van der Waals surface area (Å²) >= 11 is 0. The van der Waals surface area contributed by atoms with Gasteiger partial charge in [-0.2, -0.15) is 0 Å². The van der Waals surface area contributed by atoms with Crippen LogP contribution in [-0.2, 0) is 24.2 Å². The molecule has 1 atom stereocenters. The molecule has 0 radical (unpaired) electrons. The van der Waals surface area contributed by atoms with Gasteiger partial charge in [-0.3, -0.25) is 14.7 Å². The minimum absolute atomic E-state index is 0.200. The number of aryl methyl sites for hydroxylation is 1. The molecule has 4 heteroatoms. The zero-order chi connectivity index (χ0) is 16.9. The fraction of sp³-hybridized carbons (Fsp3) is 0.400. The molecule has 1 aliphatic rings. The van der Waals surface area contributed by atoms with Crippen LogP contribution in [0.5, 0.6) is 0 Å².